The van der Waals surface area contributed by atoms with Crippen LogP contribution in [-0.2, 0) is 0 Å². The summed E-state index contributed by atoms with van der Waals surface area (Å²) in [7, 11) is 0. The van der Waals surface area contributed by atoms with Gasteiger partial charge in [0.05, 0.1) is 19.3 Å². The molecule has 1 aromatic carbocycles. The van der Waals surface area contributed by atoms with E-state index in [1.54, 1.807) is 20.8 Å². The molecule has 0 aliphatic rings. The van der Waals surface area contributed by atoms with Gasteiger partial charge in [-0.2, -0.15) is 0 Å². The summed E-state index contributed by atoms with van der Waals surface area (Å²) in [6, 6.07) is 0. The molecule has 7 N–H and O–H groups in total. The number of anilines is 1. The molecule has 0 aliphatic carbocycles. The van der Waals surface area contributed by atoms with Crippen molar-refractivity contribution in [2.75, 3.05) is 32.0 Å². The van der Waals surface area contributed by atoms with Crippen LogP contribution in [0.4, 0.5) is 5.69 Å². The SMILES string of the molecule is CC.CC.Cc1c(N)c(C)c(C(=O)NCC(O)CO)c(C)c1C(=O)NCCO. The Hall–Kier alpha value is -2.16. The Balaban J connectivity index is 0. The van der Waals surface area contributed by atoms with E-state index < -0.39 is 24.5 Å². The molecule has 8 heteroatoms. The highest BCUT2D eigenvalue weighted by atomic mass is 16.3. The van der Waals surface area contributed by atoms with Gasteiger partial charge in [-0.25, -0.2) is 0 Å². The highest BCUT2D eigenvalue weighted by Gasteiger charge is 2.24. The molecule has 0 fully saturated rings. The lowest BCUT2D eigenvalue weighted by Crippen LogP contribution is -2.35. The van der Waals surface area contributed by atoms with Gasteiger partial charge in [0.15, 0.2) is 0 Å². The van der Waals surface area contributed by atoms with Gasteiger partial charge in [-0.05, 0) is 37.5 Å². The molecular weight excluding hydrogens is 362 g/mol. The van der Waals surface area contributed by atoms with E-state index in [4.69, 9.17) is 15.9 Å². The molecule has 0 radical (unpaired) electrons. The van der Waals surface area contributed by atoms with Crippen LogP contribution in [-0.4, -0.2) is 59.5 Å². The summed E-state index contributed by atoms with van der Waals surface area (Å²) in [5.74, 6) is -0.907. The second-order valence-corrected chi connectivity index (χ2v) is 5.56. The highest BCUT2D eigenvalue weighted by molar-refractivity contribution is 6.05. The fraction of sp³-hybridized carbons (Fsp3) is 0.600. The number of hydrogen-bond donors (Lipinski definition) is 6. The van der Waals surface area contributed by atoms with Crippen molar-refractivity contribution in [1.29, 1.82) is 0 Å². The molecule has 0 aromatic heterocycles. The largest absolute Gasteiger partial charge is 0.398 e. The van der Waals surface area contributed by atoms with Gasteiger partial charge in [-0.1, -0.05) is 27.7 Å². The van der Waals surface area contributed by atoms with Crippen LogP contribution in [0, 0.1) is 20.8 Å². The van der Waals surface area contributed by atoms with E-state index in [0.29, 0.717) is 27.9 Å². The average molecular weight is 400 g/mol. The van der Waals surface area contributed by atoms with Crippen molar-refractivity contribution in [2.24, 2.45) is 0 Å². The number of nitrogens with one attached hydrogen (secondary N) is 2. The summed E-state index contributed by atoms with van der Waals surface area (Å²) in [5, 5.41) is 32.1. The predicted octanol–water partition coefficient (Wildman–Crippen LogP) is 1.05. The summed E-state index contributed by atoms with van der Waals surface area (Å²) < 4.78 is 0. The van der Waals surface area contributed by atoms with Crippen LogP contribution in [0.2, 0.25) is 0 Å². The normalized spacial score (nSPS) is 10.6. The van der Waals surface area contributed by atoms with Crippen LogP contribution in [0.25, 0.3) is 0 Å². The topological polar surface area (TPSA) is 145 Å². The van der Waals surface area contributed by atoms with E-state index in [1.165, 1.54) is 0 Å². The first kappa shape index (κ1) is 28.1. The summed E-state index contributed by atoms with van der Waals surface area (Å²) in [6.45, 7) is 12.3. The Kier molecular flexibility index (Phi) is 14.9. The second-order valence-electron chi connectivity index (χ2n) is 5.56. The van der Waals surface area contributed by atoms with E-state index in [2.05, 4.69) is 10.6 Å². The van der Waals surface area contributed by atoms with Gasteiger partial charge >= 0.3 is 0 Å². The second kappa shape index (κ2) is 14.8. The first-order valence-electron chi connectivity index (χ1n) is 9.61. The van der Waals surface area contributed by atoms with Crippen molar-refractivity contribution in [1.82, 2.24) is 10.6 Å². The zero-order valence-electron chi connectivity index (χ0n) is 18.1. The van der Waals surface area contributed by atoms with Gasteiger partial charge in [-0.3, -0.25) is 9.59 Å². The number of nitrogens with two attached hydrogens (primary N) is 1. The van der Waals surface area contributed by atoms with Crippen LogP contribution in [0.3, 0.4) is 0 Å². The minimum atomic E-state index is -1.07. The van der Waals surface area contributed by atoms with Crippen LogP contribution in [0.15, 0.2) is 0 Å². The fourth-order valence-electron chi connectivity index (χ4n) is 2.54. The lowest BCUT2D eigenvalue weighted by Gasteiger charge is -2.20. The number of nitrogen functional groups attached to an aromatic ring is 1. The Morgan fingerprint density at radius 1 is 0.893 bits per heavy atom. The standard InChI is InChI=1S/C16H25N3O5.2C2H6/c1-8-12(15(23)18-4-5-20)9(2)14(17)10(3)13(8)16(24)19-6-11(22)7-21;2*1-2/h11,20-22H,4-7,17H2,1-3H3,(H,18,23)(H,19,24);2*1-2H3. The lowest BCUT2D eigenvalue weighted by atomic mass is 9.90. The van der Waals surface area contributed by atoms with E-state index in [-0.39, 0.29) is 25.3 Å². The van der Waals surface area contributed by atoms with Gasteiger partial charge in [0.1, 0.15) is 0 Å². The fourth-order valence-corrected chi connectivity index (χ4v) is 2.54. The van der Waals surface area contributed by atoms with Gasteiger partial charge in [0.25, 0.3) is 11.8 Å². The monoisotopic (exact) mass is 399 g/mol. The smallest absolute Gasteiger partial charge is 0.252 e. The number of aliphatic hydroxyl groups is 3. The molecule has 8 nitrogen and oxygen atoms in total. The van der Waals surface area contributed by atoms with E-state index in [9.17, 15) is 14.7 Å². The van der Waals surface area contributed by atoms with Crippen molar-refractivity contribution in [3.05, 3.63) is 27.8 Å². The molecule has 0 saturated carbocycles. The maximum Gasteiger partial charge on any atom is 0.252 e. The number of benzene rings is 1. The van der Waals surface area contributed by atoms with Crippen molar-refractivity contribution < 1.29 is 24.9 Å². The minimum Gasteiger partial charge on any atom is -0.398 e. The molecule has 0 bridgehead atoms. The first-order valence-corrected chi connectivity index (χ1v) is 9.61. The third-order valence-electron chi connectivity index (χ3n) is 3.87. The zero-order chi connectivity index (χ0) is 22.4. The van der Waals surface area contributed by atoms with Gasteiger partial charge in [0.2, 0.25) is 0 Å². The van der Waals surface area contributed by atoms with Gasteiger partial charge < -0.3 is 31.7 Å². The molecule has 0 spiro atoms. The predicted molar refractivity (Wildman–Crippen MR) is 113 cm³/mol. The summed E-state index contributed by atoms with van der Waals surface area (Å²) in [4.78, 5) is 24.7. The Bertz CT molecular complexity index is 633. The van der Waals surface area contributed by atoms with E-state index in [0.717, 1.165) is 0 Å². The zero-order valence-corrected chi connectivity index (χ0v) is 18.1. The maximum atomic E-state index is 12.4. The average Bonchev–Trinajstić information content (AvgIpc) is 2.71. The molecule has 1 atom stereocenters. The molecule has 28 heavy (non-hydrogen) atoms. The van der Waals surface area contributed by atoms with E-state index in [1.807, 2.05) is 27.7 Å². The number of amides is 2. The molecule has 0 saturated heterocycles. The molecule has 1 rings (SSSR count). The Morgan fingerprint density at radius 3 is 1.71 bits per heavy atom. The molecule has 2 amide bonds. The molecule has 0 aliphatic heterocycles. The third kappa shape index (κ3) is 7.46. The number of aliphatic hydroxyl groups excluding tert-OH is 3. The summed E-state index contributed by atoms with van der Waals surface area (Å²) >= 11 is 0. The molecule has 0 heterocycles. The number of rotatable bonds is 7. The molecule has 1 aromatic rings. The molecular formula is C20H37N3O5. The minimum absolute atomic E-state index is 0.0930. The van der Waals surface area contributed by atoms with Crippen LogP contribution in [0.1, 0.15) is 65.1 Å². The summed E-state index contributed by atoms with van der Waals surface area (Å²) in [5.41, 5.74) is 8.50. The molecule has 162 valence electrons. The summed E-state index contributed by atoms with van der Waals surface area (Å²) in [6.07, 6.45) is -1.07. The van der Waals surface area contributed by atoms with Crippen molar-refractivity contribution in [3.8, 4) is 0 Å². The Morgan fingerprint density at radius 2 is 1.32 bits per heavy atom. The van der Waals surface area contributed by atoms with Crippen LogP contribution >= 0.6 is 0 Å². The quantitative estimate of drug-likeness (QED) is 0.378. The maximum absolute atomic E-state index is 12.4. The lowest BCUT2D eigenvalue weighted by molar-refractivity contribution is 0.0801. The first-order chi connectivity index (χ1) is 13.3. The van der Waals surface area contributed by atoms with Crippen LogP contribution < -0.4 is 16.4 Å². The van der Waals surface area contributed by atoms with Crippen molar-refractivity contribution in [3.63, 3.8) is 0 Å². The molecule has 1 unspecified atom stereocenters. The Labute approximate surface area is 168 Å². The number of carbonyl (C=O) groups excluding carboxylic acids is 2. The van der Waals surface area contributed by atoms with Crippen molar-refractivity contribution in [2.45, 2.75) is 54.6 Å². The third-order valence-corrected chi connectivity index (χ3v) is 3.87. The van der Waals surface area contributed by atoms with Crippen LogP contribution in [0.5, 0.6) is 0 Å². The van der Waals surface area contributed by atoms with Gasteiger partial charge in [-0.15, -0.1) is 0 Å². The number of hydrogen-bond acceptors (Lipinski definition) is 6. The van der Waals surface area contributed by atoms with Gasteiger partial charge in [0, 0.05) is 29.9 Å². The van der Waals surface area contributed by atoms with Crippen molar-refractivity contribution >= 4 is 17.5 Å². The number of carbonyl (C=O) groups is 2. The van der Waals surface area contributed by atoms with E-state index >= 15 is 0 Å². The highest BCUT2D eigenvalue weighted by Crippen LogP contribution is 2.29.